The maximum atomic E-state index is 5.51. The second kappa shape index (κ2) is 12.2. The van der Waals surface area contributed by atoms with Crippen molar-refractivity contribution in [1.29, 1.82) is 0 Å². The molecular formula is C18H32N4O2S. The van der Waals surface area contributed by atoms with E-state index in [2.05, 4.69) is 40.0 Å². The molecule has 6 nitrogen and oxygen atoms in total. The summed E-state index contributed by atoms with van der Waals surface area (Å²) in [4.78, 5) is 8.70. The summed E-state index contributed by atoms with van der Waals surface area (Å²) in [5.41, 5.74) is 0. The van der Waals surface area contributed by atoms with Gasteiger partial charge < -0.3 is 20.1 Å². The number of rotatable bonds is 10. The predicted octanol–water partition coefficient (Wildman–Crippen LogP) is 2.10. The predicted molar refractivity (Wildman–Crippen MR) is 105 cm³/mol. The molecule has 1 saturated heterocycles. The van der Waals surface area contributed by atoms with Gasteiger partial charge in [-0.3, -0.25) is 9.89 Å². The van der Waals surface area contributed by atoms with Crippen LogP contribution < -0.4 is 10.6 Å². The topological polar surface area (TPSA) is 58.1 Å². The lowest BCUT2D eigenvalue weighted by atomic mass is 10.2. The van der Waals surface area contributed by atoms with Gasteiger partial charge in [0.15, 0.2) is 5.96 Å². The lowest BCUT2D eigenvalue weighted by Gasteiger charge is -2.33. The fraction of sp³-hybridized carbons (Fsp3) is 0.722. The van der Waals surface area contributed by atoms with E-state index >= 15 is 0 Å². The van der Waals surface area contributed by atoms with Crippen molar-refractivity contribution in [3.05, 3.63) is 22.4 Å². The number of nitrogens with zero attached hydrogens (tertiary/aromatic N) is 2. The highest BCUT2D eigenvalue weighted by molar-refractivity contribution is 7.10. The van der Waals surface area contributed by atoms with Crippen molar-refractivity contribution >= 4 is 17.3 Å². The summed E-state index contributed by atoms with van der Waals surface area (Å²) < 4.78 is 10.9. The first kappa shape index (κ1) is 20.2. The molecule has 0 radical (unpaired) electrons. The van der Waals surface area contributed by atoms with E-state index in [1.165, 1.54) is 4.88 Å². The second-order valence-corrected chi connectivity index (χ2v) is 6.86. The number of ether oxygens (including phenoxy) is 2. The molecule has 1 aromatic rings. The maximum Gasteiger partial charge on any atom is 0.191 e. The van der Waals surface area contributed by atoms with Crippen molar-refractivity contribution in [3.63, 3.8) is 0 Å². The Morgan fingerprint density at radius 3 is 2.88 bits per heavy atom. The minimum Gasteiger partial charge on any atom is -0.382 e. The highest BCUT2D eigenvalue weighted by atomic mass is 32.1. The molecule has 1 aliphatic rings. The zero-order valence-electron chi connectivity index (χ0n) is 15.5. The molecule has 0 spiro atoms. The van der Waals surface area contributed by atoms with Gasteiger partial charge in [-0.1, -0.05) is 6.07 Å². The number of thiophene rings is 1. The molecule has 0 saturated carbocycles. The van der Waals surface area contributed by atoms with E-state index < -0.39 is 0 Å². The third-order valence-corrected chi connectivity index (χ3v) is 5.06. The third kappa shape index (κ3) is 7.32. The molecule has 1 aromatic heterocycles. The van der Waals surface area contributed by atoms with Crippen LogP contribution in [0.3, 0.4) is 0 Å². The Morgan fingerprint density at radius 1 is 1.36 bits per heavy atom. The molecule has 2 N–H and O–H groups in total. The van der Waals surface area contributed by atoms with Gasteiger partial charge in [0.2, 0.25) is 0 Å². The highest BCUT2D eigenvalue weighted by Gasteiger charge is 2.23. The van der Waals surface area contributed by atoms with E-state index in [1.807, 2.05) is 18.3 Å². The first-order valence-corrected chi connectivity index (χ1v) is 10.2. The molecule has 1 atom stereocenters. The van der Waals surface area contributed by atoms with Crippen LogP contribution >= 0.6 is 11.3 Å². The van der Waals surface area contributed by atoms with Gasteiger partial charge in [0.1, 0.15) is 0 Å². The second-order valence-electron chi connectivity index (χ2n) is 5.88. The molecule has 0 aromatic carbocycles. The molecule has 1 fully saturated rings. The minimum atomic E-state index is 0.322. The molecule has 1 unspecified atom stereocenters. The highest BCUT2D eigenvalue weighted by Crippen LogP contribution is 2.26. The van der Waals surface area contributed by atoms with Crippen LogP contribution in [-0.2, 0) is 9.47 Å². The van der Waals surface area contributed by atoms with E-state index in [0.29, 0.717) is 6.04 Å². The molecule has 2 rings (SSSR count). The van der Waals surface area contributed by atoms with E-state index in [1.54, 1.807) is 0 Å². The monoisotopic (exact) mass is 368 g/mol. The maximum absolute atomic E-state index is 5.51. The molecule has 7 heteroatoms. The van der Waals surface area contributed by atoms with Gasteiger partial charge in [-0.2, -0.15) is 0 Å². The number of nitrogens with one attached hydrogen (secondary N) is 2. The summed E-state index contributed by atoms with van der Waals surface area (Å²) in [5, 5.41) is 8.88. The van der Waals surface area contributed by atoms with Crippen molar-refractivity contribution in [2.24, 2.45) is 4.99 Å². The Kier molecular flexibility index (Phi) is 9.88. The summed E-state index contributed by atoms with van der Waals surface area (Å²) in [6.07, 6.45) is 0.982. The zero-order valence-corrected chi connectivity index (χ0v) is 16.3. The number of guanidine groups is 1. The quantitative estimate of drug-likeness (QED) is 0.376. The summed E-state index contributed by atoms with van der Waals surface area (Å²) in [7, 11) is 0. The molecule has 1 aliphatic heterocycles. The molecule has 0 amide bonds. The van der Waals surface area contributed by atoms with Crippen molar-refractivity contribution in [3.8, 4) is 0 Å². The van der Waals surface area contributed by atoms with Gasteiger partial charge in [0.05, 0.1) is 25.8 Å². The first-order valence-electron chi connectivity index (χ1n) is 9.30. The standard InChI is InChI=1S/C18H32N4O2S/c1-3-19-18(20-8-6-11-23-4-2)21-15-16(17-7-5-14-25-17)22-9-12-24-13-10-22/h5,7,14,16H,3-4,6,8-13,15H2,1-2H3,(H2,19,20,21). The lowest BCUT2D eigenvalue weighted by Crippen LogP contribution is -2.41. The van der Waals surface area contributed by atoms with Crippen molar-refractivity contribution < 1.29 is 9.47 Å². The van der Waals surface area contributed by atoms with Gasteiger partial charge in [0, 0.05) is 44.3 Å². The number of aliphatic imine (C=N–C) groups is 1. The Hall–Kier alpha value is -1.15. The Morgan fingerprint density at radius 2 is 2.20 bits per heavy atom. The SMILES string of the molecule is CCNC(=NCC(c1cccs1)N1CCOCC1)NCCCOCC. The van der Waals surface area contributed by atoms with E-state index in [9.17, 15) is 0 Å². The van der Waals surface area contributed by atoms with Crippen LogP contribution in [0.25, 0.3) is 0 Å². The summed E-state index contributed by atoms with van der Waals surface area (Å²) >= 11 is 1.81. The molecule has 25 heavy (non-hydrogen) atoms. The van der Waals surface area contributed by atoms with E-state index in [-0.39, 0.29) is 0 Å². The van der Waals surface area contributed by atoms with Gasteiger partial charge in [-0.15, -0.1) is 11.3 Å². The van der Waals surface area contributed by atoms with Gasteiger partial charge in [-0.25, -0.2) is 0 Å². The molecule has 0 aliphatic carbocycles. The van der Waals surface area contributed by atoms with Crippen molar-refractivity contribution in [2.45, 2.75) is 26.3 Å². The minimum absolute atomic E-state index is 0.322. The summed E-state index contributed by atoms with van der Waals surface area (Å²) in [6, 6.07) is 4.65. The largest absolute Gasteiger partial charge is 0.382 e. The van der Waals surface area contributed by atoms with Gasteiger partial charge >= 0.3 is 0 Å². The van der Waals surface area contributed by atoms with Crippen LogP contribution in [0, 0.1) is 0 Å². The third-order valence-electron chi connectivity index (χ3n) is 4.09. The van der Waals surface area contributed by atoms with Crippen molar-refractivity contribution in [1.82, 2.24) is 15.5 Å². The van der Waals surface area contributed by atoms with Crippen LogP contribution in [0.2, 0.25) is 0 Å². The first-order chi connectivity index (χ1) is 12.3. The van der Waals surface area contributed by atoms with Crippen LogP contribution in [0.4, 0.5) is 0 Å². The van der Waals surface area contributed by atoms with E-state index in [0.717, 1.165) is 71.5 Å². The van der Waals surface area contributed by atoms with Crippen molar-refractivity contribution in [2.75, 3.05) is 59.2 Å². The number of hydrogen-bond acceptors (Lipinski definition) is 5. The molecule has 0 bridgehead atoms. The fourth-order valence-electron chi connectivity index (χ4n) is 2.80. The Labute approximate surface area is 155 Å². The van der Waals surface area contributed by atoms with Crippen LogP contribution in [-0.4, -0.2) is 70.0 Å². The average molecular weight is 369 g/mol. The summed E-state index contributed by atoms with van der Waals surface area (Å²) in [6.45, 7) is 11.7. The fourth-order valence-corrected chi connectivity index (χ4v) is 3.65. The van der Waals surface area contributed by atoms with Gasteiger partial charge in [-0.05, 0) is 31.7 Å². The number of hydrogen-bond donors (Lipinski definition) is 2. The molecule has 142 valence electrons. The summed E-state index contributed by atoms with van der Waals surface area (Å²) in [5.74, 6) is 0.883. The smallest absolute Gasteiger partial charge is 0.191 e. The number of morpholine rings is 1. The Balaban J connectivity index is 1.93. The zero-order chi connectivity index (χ0) is 17.7. The van der Waals surface area contributed by atoms with Crippen LogP contribution in [0.15, 0.2) is 22.5 Å². The molecule has 2 heterocycles. The van der Waals surface area contributed by atoms with Gasteiger partial charge in [0.25, 0.3) is 0 Å². The van der Waals surface area contributed by atoms with E-state index in [4.69, 9.17) is 14.5 Å². The average Bonchev–Trinajstić information content (AvgIpc) is 3.17. The Bertz CT molecular complexity index is 475. The normalized spacial score (nSPS) is 17.4. The lowest BCUT2D eigenvalue weighted by molar-refractivity contribution is 0.0186. The molecular weight excluding hydrogens is 336 g/mol. The van der Waals surface area contributed by atoms with Crippen LogP contribution in [0.1, 0.15) is 31.2 Å². The van der Waals surface area contributed by atoms with Crippen LogP contribution in [0.5, 0.6) is 0 Å².